The Bertz CT molecular complexity index is 284. The van der Waals surface area contributed by atoms with Crippen LogP contribution >= 0.6 is 0 Å². The fourth-order valence-electron chi connectivity index (χ4n) is 1.72. The zero-order chi connectivity index (χ0) is 11.5. The van der Waals surface area contributed by atoms with Gasteiger partial charge in [0.25, 0.3) is 0 Å². The average Bonchev–Trinajstić information content (AvgIpc) is 2.28. The summed E-state index contributed by atoms with van der Waals surface area (Å²) in [5, 5.41) is 9.59. The fraction of sp³-hybridized carbons (Fsp3) is 1.00. The lowest BCUT2D eigenvalue weighted by Gasteiger charge is -2.36. The van der Waals surface area contributed by atoms with Crippen molar-refractivity contribution in [2.75, 3.05) is 31.9 Å². The Morgan fingerprint density at radius 2 is 1.73 bits per heavy atom. The molecule has 0 saturated carbocycles. The highest BCUT2D eigenvalue weighted by Gasteiger charge is 2.27. The Morgan fingerprint density at radius 3 is 2.13 bits per heavy atom. The Balaban J connectivity index is 2.49. The van der Waals surface area contributed by atoms with Crippen molar-refractivity contribution in [1.82, 2.24) is 9.21 Å². The molecule has 1 heterocycles. The molecule has 0 radical (unpaired) electrons. The average molecular weight is 236 g/mol. The lowest BCUT2D eigenvalue weighted by molar-refractivity contribution is -0.0158. The summed E-state index contributed by atoms with van der Waals surface area (Å²) in [6, 6.07) is 0. The SMILES string of the molecule is CCC(O)N1CCN(S(=O)(=O)CC)CC1. The lowest BCUT2D eigenvalue weighted by atomic mass is 10.3. The molecule has 1 aliphatic heterocycles. The summed E-state index contributed by atoms with van der Waals surface area (Å²) in [7, 11) is -3.05. The van der Waals surface area contributed by atoms with E-state index >= 15 is 0 Å². The van der Waals surface area contributed by atoms with E-state index in [1.165, 1.54) is 4.31 Å². The summed E-state index contributed by atoms with van der Waals surface area (Å²) in [6.45, 7) is 5.80. The summed E-state index contributed by atoms with van der Waals surface area (Å²) < 4.78 is 24.6. The quantitative estimate of drug-likeness (QED) is 0.727. The van der Waals surface area contributed by atoms with E-state index in [0.29, 0.717) is 32.6 Å². The van der Waals surface area contributed by atoms with Crippen molar-refractivity contribution >= 4 is 10.0 Å². The summed E-state index contributed by atoms with van der Waals surface area (Å²) >= 11 is 0. The monoisotopic (exact) mass is 236 g/mol. The maximum absolute atomic E-state index is 11.5. The molecule has 0 bridgehead atoms. The number of hydrogen-bond donors (Lipinski definition) is 1. The maximum Gasteiger partial charge on any atom is 0.213 e. The van der Waals surface area contributed by atoms with Gasteiger partial charge >= 0.3 is 0 Å². The van der Waals surface area contributed by atoms with Crippen LogP contribution in [0.3, 0.4) is 0 Å². The topological polar surface area (TPSA) is 60.9 Å². The molecule has 1 fully saturated rings. The molecule has 0 aliphatic carbocycles. The molecule has 1 unspecified atom stereocenters. The molecular formula is C9H20N2O3S. The molecule has 5 nitrogen and oxygen atoms in total. The van der Waals surface area contributed by atoms with Crippen molar-refractivity contribution in [3.8, 4) is 0 Å². The third-order valence-electron chi connectivity index (χ3n) is 2.82. The zero-order valence-electron chi connectivity index (χ0n) is 9.39. The van der Waals surface area contributed by atoms with Gasteiger partial charge in [-0.2, -0.15) is 4.31 Å². The summed E-state index contributed by atoms with van der Waals surface area (Å²) in [4.78, 5) is 1.92. The minimum atomic E-state index is -3.05. The zero-order valence-corrected chi connectivity index (χ0v) is 10.2. The first-order chi connectivity index (χ1) is 7.01. The molecular weight excluding hydrogens is 216 g/mol. The molecule has 1 rings (SSSR count). The van der Waals surface area contributed by atoms with Gasteiger partial charge in [-0.3, -0.25) is 4.90 Å². The van der Waals surface area contributed by atoms with Crippen LogP contribution in [0.2, 0.25) is 0 Å². The molecule has 6 heteroatoms. The number of hydrogen-bond acceptors (Lipinski definition) is 4. The highest BCUT2D eigenvalue weighted by Crippen LogP contribution is 2.10. The summed E-state index contributed by atoms with van der Waals surface area (Å²) in [6.07, 6.45) is 0.247. The molecule has 1 saturated heterocycles. The minimum Gasteiger partial charge on any atom is -0.378 e. The van der Waals surface area contributed by atoms with Gasteiger partial charge in [0.2, 0.25) is 10.0 Å². The molecule has 1 N–H and O–H groups in total. The van der Waals surface area contributed by atoms with Crippen LogP contribution in [0.5, 0.6) is 0 Å². The van der Waals surface area contributed by atoms with Crippen LogP contribution in [-0.2, 0) is 10.0 Å². The van der Waals surface area contributed by atoms with E-state index in [1.54, 1.807) is 6.92 Å². The van der Waals surface area contributed by atoms with Crippen molar-refractivity contribution in [3.05, 3.63) is 0 Å². The van der Waals surface area contributed by atoms with Crippen molar-refractivity contribution in [2.45, 2.75) is 26.5 Å². The largest absolute Gasteiger partial charge is 0.378 e. The lowest BCUT2D eigenvalue weighted by Crippen LogP contribution is -2.52. The smallest absolute Gasteiger partial charge is 0.213 e. The highest BCUT2D eigenvalue weighted by atomic mass is 32.2. The van der Waals surface area contributed by atoms with Crippen LogP contribution < -0.4 is 0 Å². The van der Waals surface area contributed by atoms with E-state index in [1.807, 2.05) is 11.8 Å². The van der Waals surface area contributed by atoms with Gasteiger partial charge in [0.1, 0.15) is 6.23 Å². The first-order valence-electron chi connectivity index (χ1n) is 5.41. The minimum absolute atomic E-state index is 0.156. The van der Waals surface area contributed by atoms with E-state index in [9.17, 15) is 13.5 Å². The molecule has 15 heavy (non-hydrogen) atoms. The van der Waals surface area contributed by atoms with Gasteiger partial charge in [-0.25, -0.2) is 8.42 Å². The van der Waals surface area contributed by atoms with E-state index in [-0.39, 0.29) is 5.75 Å². The predicted octanol–water partition coefficient (Wildman–Crippen LogP) is -0.318. The molecule has 0 aromatic carbocycles. The predicted molar refractivity (Wildman–Crippen MR) is 58.9 cm³/mol. The normalized spacial score (nSPS) is 22.9. The standard InChI is InChI=1S/C9H20N2O3S/c1-3-9(12)10-5-7-11(8-6-10)15(13,14)4-2/h9,12H,3-8H2,1-2H3. The van der Waals surface area contributed by atoms with Crippen molar-refractivity contribution < 1.29 is 13.5 Å². The molecule has 0 spiro atoms. The first-order valence-corrected chi connectivity index (χ1v) is 7.02. The molecule has 0 amide bonds. The van der Waals surface area contributed by atoms with E-state index in [0.717, 1.165) is 0 Å². The second-order valence-electron chi connectivity index (χ2n) is 3.72. The second kappa shape index (κ2) is 5.25. The molecule has 1 aliphatic rings. The highest BCUT2D eigenvalue weighted by molar-refractivity contribution is 7.89. The molecule has 1 atom stereocenters. The van der Waals surface area contributed by atoms with Gasteiger partial charge in [-0.15, -0.1) is 0 Å². The van der Waals surface area contributed by atoms with Gasteiger partial charge in [-0.1, -0.05) is 6.92 Å². The Kier molecular flexibility index (Phi) is 4.51. The third-order valence-corrected chi connectivity index (χ3v) is 4.70. The van der Waals surface area contributed by atoms with Crippen LogP contribution in [0, 0.1) is 0 Å². The van der Waals surface area contributed by atoms with E-state index < -0.39 is 16.3 Å². The van der Waals surface area contributed by atoms with Crippen LogP contribution in [0.4, 0.5) is 0 Å². The Morgan fingerprint density at radius 1 is 1.20 bits per heavy atom. The number of nitrogens with zero attached hydrogens (tertiary/aromatic N) is 2. The van der Waals surface area contributed by atoms with Gasteiger partial charge in [0.15, 0.2) is 0 Å². The molecule has 0 aromatic rings. The van der Waals surface area contributed by atoms with Gasteiger partial charge in [-0.05, 0) is 13.3 Å². The summed E-state index contributed by atoms with van der Waals surface area (Å²) in [5.41, 5.74) is 0. The van der Waals surface area contributed by atoms with Gasteiger partial charge in [0, 0.05) is 26.2 Å². The van der Waals surface area contributed by atoms with Crippen molar-refractivity contribution in [3.63, 3.8) is 0 Å². The summed E-state index contributed by atoms with van der Waals surface area (Å²) in [5.74, 6) is 0.156. The second-order valence-corrected chi connectivity index (χ2v) is 5.98. The van der Waals surface area contributed by atoms with E-state index in [2.05, 4.69) is 0 Å². The number of aliphatic hydroxyl groups excluding tert-OH is 1. The Labute approximate surface area is 91.7 Å². The van der Waals surface area contributed by atoms with Crippen LogP contribution in [0.25, 0.3) is 0 Å². The van der Waals surface area contributed by atoms with E-state index in [4.69, 9.17) is 0 Å². The van der Waals surface area contributed by atoms with Crippen LogP contribution in [-0.4, -0.2) is 60.9 Å². The number of sulfonamides is 1. The fourth-order valence-corrected chi connectivity index (χ4v) is 2.81. The number of rotatable bonds is 4. The molecule has 90 valence electrons. The first kappa shape index (κ1) is 12.9. The number of aliphatic hydroxyl groups is 1. The van der Waals surface area contributed by atoms with Crippen molar-refractivity contribution in [1.29, 1.82) is 0 Å². The third kappa shape index (κ3) is 3.14. The Hall–Kier alpha value is -0.170. The number of piperazine rings is 1. The van der Waals surface area contributed by atoms with Crippen molar-refractivity contribution in [2.24, 2.45) is 0 Å². The van der Waals surface area contributed by atoms with Gasteiger partial charge in [0.05, 0.1) is 5.75 Å². The van der Waals surface area contributed by atoms with Gasteiger partial charge < -0.3 is 5.11 Å². The van der Waals surface area contributed by atoms with Crippen LogP contribution in [0.15, 0.2) is 0 Å². The molecule has 0 aromatic heterocycles. The van der Waals surface area contributed by atoms with Crippen LogP contribution in [0.1, 0.15) is 20.3 Å². The maximum atomic E-state index is 11.5.